The Morgan fingerprint density at radius 1 is 1.33 bits per heavy atom. The second-order valence-electron chi connectivity index (χ2n) is 7.95. The van der Waals surface area contributed by atoms with E-state index in [2.05, 4.69) is 25.7 Å². The zero-order chi connectivity index (χ0) is 21.5. The summed E-state index contributed by atoms with van der Waals surface area (Å²) in [6.45, 7) is 2.42. The number of hydrogen-bond acceptors (Lipinski definition) is 6. The van der Waals surface area contributed by atoms with E-state index >= 15 is 0 Å². The number of pyridine rings is 1. The van der Waals surface area contributed by atoms with Crippen LogP contribution >= 0.6 is 11.6 Å². The molecule has 0 bridgehead atoms. The summed E-state index contributed by atoms with van der Waals surface area (Å²) in [7, 11) is 0. The van der Waals surface area contributed by atoms with Gasteiger partial charge in [-0.25, -0.2) is 13.9 Å². The van der Waals surface area contributed by atoms with Crippen molar-refractivity contribution in [1.82, 2.24) is 24.9 Å². The predicted molar refractivity (Wildman–Crippen MR) is 111 cm³/mol. The van der Waals surface area contributed by atoms with E-state index in [9.17, 15) is 14.3 Å². The molecule has 0 spiro atoms. The molecule has 1 saturated carbocycles. The average Bonchev–Trinajstić information content (AvgIpc) is 3.41. The van der Waals surface area contributed by atoms with Gasteiger partial charge in [-0.15, -0.1) is 0 Å². The number of carbonyl (C=O) groups excluding carboxylic acids is 1. The lowest BCUT2D eigenvalue weighted by Crippen LogP contribution is -2.42. The first-order valence-corrected chi connectivity index (χ1v) is 10.0. The third kappa shape index (κ3) is 4.36. The summed E-state index contributed by atoms with van der Waals surface area (Å²) in [4.78, 5) is 21.4. The van der Waals surface area contributed by atoms with Crippen molar-refractivity contribution in [3.8, 4) is 11.4 Å². The van der Waals surface area contributed by atoms with Crippen LogP contribution < -0.4 is 10.6 Å². The minimum atomic E-state index is -1.59. The molecule has 10 heteroatoms. The van der Waals surface area contributed by atoms with Gasteiger partial charge in [-0.2, -0.15) is 5.10 Å². The SMILES string of the molecule is CC(C)(O)C(F)CNC(=O)c1cnc(-c2cnc3cc(Cl)cnn23)cc1NC1CC1. The highest BCUT2D eigenvalue weighted by Gasteiger charge is 2.28. The number of aromatic nitrogens is 4. The summed E-state index contributed by atoms with van der Waals surface area (Å²) >= 11 is 5.97. The molecule has 1 aliphatic carbocycles. The lowest BCUT2D eigenvalue weighted by Gasteiger charge is -2.22. The Morgan fingerprint density at radius 3 is 2.80 bits per heavy atom. The summed E-state index contributed by atoms with van der Waals surface area (Å²) in [6.07, 6.45) is 5.03. The first kappa shape index (κ1) is 20.5. The van der Waals surface area contributed by atoms with Crippen LogP contribution in [0.5, 0.6) is 0 Å². The minimum absolute atomic E-state index is 0.288. The fourth-order valence-corrected chi connectivity index (χ4v) is 3.04. The van der Waals surface area contributed by atoms with Crippen LogP contribution in [0, 0.1) is 0 Å². The molecule has 4 rings (SSSR count). The van der Waals surface area contributed by atoms with E-state index in [-0.39, 0.29) is 12.6 Å². The van der Waals surface area contributed by atoms with Gasteiger partial charge in [0.15, 0.2) is 5.65 Å². The summed E-state index contributed by atoms with van der Waals surface area (Å²) < 4.78 is 15.6. The molecule has 0 aliphatic heterocycles. The summed E-state index contributed by atoms with van der Waals surface area (Å²) in [5.41, 5.74) is 1.18. The fourth-order valence-electron chi connectivity index (χ4n) is 2.90. The van der Waals surface area contributed by atoms with Crippen LogP contribution in [0.4, 0.5) is 10.1 Å². The molecule has 3 N–H and O–H groups in total. The van der Waals surface area contributed by atoms with E-state index in [1.807, 2.05) is 0 Å². The third-order valence-electron chi connectivity index (χ3n) is 4.88. The topological polar surface area (TPSA) is 104 Å². The van der Waals surface area contributed by atoms with Crippen LogP contribution in [0.15, 0.2) is 30.7 Å². The summed E-state index contributed by atoms with van der Waals surface area (Å²) in [6, 6.07) is 3.74. The Hall–Kier alpha value is -2.78. The number of rotatable bonds is 7. The number of hydrogen-bond donors (Lipinski definition) is 3. The molecule has 1 fully saturated rings. The molecule has 158 valence electrons. The molecule has 3 heterocycles. The number of fused-ring (bicyclic) bond motifs is 1. The maximum Gasteiger partial charge on any atom is 0.255 e. The highest BCUT2D eigenvalue weighted by atomic mass is 35.5. The number of amides is 1. The van der Waals surface area contributed by atoms with Crippen molar-refractivity contribution in [2.75, 3.05) is 11.9 Å². The molecule has 3 aromatic rings. The molecule has 1 aliphatic rings. The Morgan fingerprint density at radius 2 is 2.10 bits per heavy atom. The van der Waals surface area contributed by atoms with Gasteiger partial charge in [0.25, 0.3) is 5.91 Å². The number of halogens is 2. The third-order valence-corrected chi connectivity index (χ3v) is 5.09. The molecule has 1 unspecified atom stereocenters. The lowest BCUT2D eigenvalue weighted by molar-refractivity contribution is -0.00177. The normalized spacial score (nSPS) is 15.2. The van der Waals surface area contributed by atoms with Gasteiger partial charge in [-0.1, -0.05) is 11.6 Å². The van der Waals surface area contributed by atoms with Crippen LogP contribution in [0.1, 0.15) is 37.0 Å². The molecular weight excluding hydrogens is 411 g/mol. The van der Waals surface area contributed by atoms with Crippen molar-refractivity contribution < 1.29 is 14.3 Å². The summed E-state index contributed by atoms with van der Waals surface area (Å²) in [5, 5.41) is 20.3. The molecule has 30 heavy (non-hydrogen) atoms. The zero-order valence-corrected chi connectivity index (χ0v) is 17.3. The second-order valence-corrected chi connectivity index (χ2v) is 8.39. The molecular formula is C20H22ClFN6O2. The first-order valence-electron chi connectivity index (χ1n) is 9.63. The molecule has 8 nitrogen and oxygen atoms in total. The van der Waals surface area contributed by atoms with Crippen LogP contribution in [0.2, 0.25) is 5.02 Å². The predicted octanol–water partition coefficient (Wildman–Crippen LogP) is 2.86. The van der Waals surface area contributed by atoms with E-state index in [0.29, 0.717) is 33.3 Å². The zero-order valence-electron chi connectivity index (χ0n) is 16.6. The van der Waals surface area contributed by atoms with E-state index in [1.165, 1.54) is 26.2 Å². The highest BCUT2D eigenvalue weighted by Crippen LogP contribution is 2.30. The van der Waals surface area contributed by atoms with E-state index < -0.39 is 17.7 Å². The van der Waals surface area contributed by atoms with Gasteiger partial charge in [-0.3, -0.25) is 9.78 Å². The van der Waals surface area contributed by atoms with Crippen LogP contribution in [0.3, 0.4) is 0 Å². The number of imidazole rings is 1. The van der Waals surface area contributed by atoms with Gasteiger partial charge in [0.1, 0.15) is 11.9 Å². The van der Waals surface area contributed by atoms with Crippen molar-refractivity contribution in [2.24, 2.45) is 0 Å². The van der Waals surface area contributed by atoms with Crippen molar-refractivity contribution in [3.05, 3.63) is 41.3 Å². The molecule has 1 atom stereocenters. The minimum Gasteiger partial charge on any atom is -0.387 e. The smallest absolute Gasteiger partial charge is 0.255 e. The van der Waals surface area contributed by atoms with Crippen molar-refractivity contribution in [3.63, 3.8) is 0 Å². The monoisotopic (exact) mass is 432 g/mol. The molecule has 1 amide bonds. The Bertz CT molecular complexity index is 1090. The van der Waals surface area contributed by atoms with Gasteiger partial charge < -0.3 is 15.7 Å². The largest absolute Gasteiger partial charge is 0.387 e. The molecule has 3 aromatic heterocycles. The van der Waals surface area contributed by atoms with Gasteiger partial charge >= 0.3 is 0 Å². The number of nitrogens with one attached hydrogen (secondary N) is 2. The molecule has 0 aromatic carbocycles. The Labute approximate surface area is 177 Å². The standard InChI is InChI=1S/C20H22ClFN6O2/c1-20(2,30)17(22)10-25-19(29)13-8-23-15(6-14(13)27-12-3-4-12)16-9-24-18-5-11(21)7-26-28(16)18/h5-9,12,17,30H,3-4,10H2,1-2H3,(H,23,27)(H,25,29). The van der Waals surface area contributed by atoms with Gasteiger partial charge in [0.05, 0.1) is 46.5 Å². The maximum absolute atomic E-state index is 14.0. The van der Waals surface area contributed by atoms with Gasteiger partial charge in [0, 0.05) is 18.3 Å². The lowest BCUT2D eigenvalue weighted by atomic mass is 10.0. The number of anilines is 1. The van der Waals surface area contributed by atoms with Crippen LogP contribution in [-0.4, -0.2) is 55.0 Å². The Balaban J connectivity index is 1.62. The number of alkyl halides is 1. The quantitative estimate of drug-likeness (QED) is 0.530. The summed E-state index contributed by atoms with van der Waals surface area (Å²) in [5.74, 6) is -0.466. The van der Waals surface area contributed by atoms with E-state index in [4.69, 9.17) is 11.6 Å². The van der Waals surface area contributed by atoms with Crippen LogP contribution in [0.25, 0.3) is 17.0 Å². The van der Waals surface area contributed by atoms with Crippen molar-refractivity contribution >= 4 is 28.8 Å². The molecule has 0 radical (unpaired) electrons. The maximum atomic E-state index is 14.0. The number of nitrogens with zero attached hydrogens (tertiary/aromatic N) is 4. The van der Waals surface area contributed by atoms with Crippen molar-refractivity contribution in [2.45, 2.75) is 44.5 Å². The number of carbonyl (C=O) groups is 1. The van der Waals surface area contributed by atoms with Gasteiger partial charge in [-0.05, 0) is 32.8 Å². The van der Waals surface area contributed by atoms with Gasteiger partial charge in [0.2, 0.25) is 0 Å². The van der Waals surface area contributed by atoms with E-state index in [0.717, 1.165) is 12.8 Å². The van der Waals surface area contributed by atoms with Crippen molar-refractivity contribution in [1.29, 1.82) is 0 Å². The molecule has 0 saturated heterocycles. The second kappa shape index (κ2) is 7.81. The highest BCUT2D eigenvalue weighted by molar-refractivity contribution is 6.30. The first-order chi connectivity index (χ1) is 14.2. The number of aliphatic hydroxyl groups is 1. The van der Waals surface area contributed by atoms with E-state index in [1.54, 1.807) is 22.8 Å². The van der Waals surface area contributed by atoms with Crippen LogP contribution in [-0.2, 0) is 0 Å². The Kier molecular flexibility index (Phi) is 5.33. The average molecular weight is 433 g/mol. The fraction of sp³-hybridized carbons (Fsp3) is 0.400.